The largest absolute Gasteiger partial charge is 0.446 e. The summed E-state index contributed by atoms with van der Waals surface area (Å²) in [5, 5.41) is 12.5. The molecule has 1 heterocycles. The first-order valence-electron chi connectivity index (χ1n) is 10.9. The van der Waals surface area contributed by atoms with Crippen LogP contribution < -0.4 is 10.6 Å². The molecule has 1 aliphatic rings. The molecule has 1 fully saturated rings. The molecule has 9 nitrogen and oxygen atoms in total. The number of hydrogen-bond acceptors (Lipinski definition) is 6. The molecule has 0 aliphatic heterocycles. The van der Waals surface area contributed by atoms with E-state index in [0.717, 1.165) is 25.0 Å². The van der Waals surface area contributed by atoms with E-state index in [9.17, 15) is 18.0 Å². The summed E-state index contributed by atoms with van der Waals surface area (Å²) in [6.45, 7) is 4.15. The van der Waals surface area contributed by atoms with Gasteiger partial charge in [-0.05, 0) is 37.3 Å². The fourth-order valence-electron chi connectivity index (χ4n) is 3.83. The number of anilines is 1. The van der Waals surface area contributed by atoms with Crippen LogP contribution in [-0.4, -0.2) is 49.0 Å². The van der Waals surface area contributed by atoms with Crippen LogP contribution in [0, 0.1) is 0 Å². The van der Waals surface area contributed by atoms with Gasteiger partial charge in [0, 0.05) is 24.2 Å². The molecular formula is C22H30N4O5S. The number of nitrogens with zero attached hydrogens (tertiary/aromatic N) is 1. The number of aromatic nitrogens is 2. The van der Waals surface area contributed by atoms with Crippen LogP contribution in [0.4, 0.5) is 10.6 Å². The van der Waals surface area contributed by atoms with Crippen molar-refractivity contribution in [2.45, 2.75) is 62.9 Å². The fraction of sp³-hybridized carbons (Fsp3) is 0.500. The van der Waals surface area contributed by atoms with E-state index in [-0.39, 0.29) is 41.1 Å². The second-order valence-electron chi connectivity index (χ2n) is 7.91. The average Bonchev–Trinajstić information content (AvgIpc) is 3.42. The Kier molecular flexibility index (Phi) is 7.89. The number of hydrogen-bond donors (Lipinski definition) is 3. The van der Waals surface area contributed by atoms with Gasteiger partial charge in [0.25, 0.3) is 0 Å². The van der Waals surface area contributed by atoms with Gasteiger partial charge in [0.1, 0.15) is 6.10 Å². The lowest BCUT2D eigenvalue weighted by Crippen LogP contribution is -2.28. The Morgan fingerprint density at radius 1 is 1.22 bits per heavy atom. The lowest BCUT2D eigenvalue weighted by Gasteiger charge is -2.12. The van der Waals surface area contributed by atoms with Crippen molar-refractivity contribution in [1.29, 1.82) is 0 Å². The molecule has 2 amide bonds. The third-order valence-electron chi connectivity index (χ3n) is 5.52. The summed E-state index contributed by atoms with van der Waals surface area (Å²) in [5.41, 5.74) is 1.33. The van der Waals surface area contributed by atoms with Crippen LogP contribution in [-0.2, 0) is 25.8 Å². The topological polar surface area (TPSA) is 130 Å². The molecule has 1 aliphatic carbocycles. The number of rotatable bonds is 9. The first-order valence-corrected chi connectivity index (χ1v) is 12.6. The van der Waals surface area contributed by atoms with Crippen LogP contribution in [0.25, 0.3) is 0 Å². The van der Waals surface area contributed by atoms with Crippen molar-refractivity contribution in [2.24, 2.45) is 0 Å². The Morgan fingerprint density at radius 2 is 2.00 bits per heavy atom. The molecule has 0 radical (unpaired) electrons. The summed E-state index contributed by atoms with van der Waals surface area (Å²) in [4.78, 5) is 24.4. The van der Waals surface area contributed by atoms with Gasteiger partial charge in [0.2, 0.25) is 5.91 Å². The molecular weight excluding hydrogens is 432 g/mol. The molecule has 3 rings (SSSR count). The molecule has 3 N–H and O–H groups in total. The molecule has 0 saturated heterocycles. The van der Waals surface area contributed by atoms with E-state index in [2.05, 4.69) is 20.8 Å². The maximum atomic E-state index is 12.5. The molecule has 1 aromatic carbocycles. The fourth-order valence-corrected chi connectivity index (χ4v) is 4.96. The van der Waals surface area contributed by atoms with Crippen LogP contribution in [0.2, 0.25) is 0 Å². The van der Waals surface area contributed by atoms with E-state index in [1.807, 2.05) is 6.92 Å². The smallest absolute Gasteiger partial charge is 0.407 e. The highest BCUT2D eigenvalue weighted by molar-refractivity contribution is 7.91. The first kappa shape index (κ1) is 23.8. The zero-order chi connectivity index (χ0) is 23.1. The van der Waals surface area contributed by atoms with Crippen LogP contribution >= 0.6 is 0 Å². The Morgan fingerprint density at radius 3 is 2.75 bits per heavy atom. The normalized spacial score (nSPS) is 18.3. The van der Waals surface area contributed by atoms with E-state index < -0.39 is 9.84 Å². The number of amides is 2. The summed E-state index contributed by atoms with van der Waals surface area (Å²) in [6.07, 6.45) is 2.57. The van der Waals surface area contributed by atoms with Gasteiger partial charge in [-0.2, -0.15) is 5.10 Å². The van der Waals surface area contributed by atoms with Crippen molar-refractivity contribution in [3.05, 3.63) is 41.6 Å². The maximum Gasteiger partial charge on any atom is 0.407 e. The lowest BCUT2D eigenvalue weighted by molar-refractivity contribution is -0.115. The van der Waals surface area contributed by atoms with Gasteiger partial charge in [-0.1, -0.05) is 32.0 Å². The molecule has 0 bridgehead atoms. The van der Waals surface area contributed by atoms with E-state index in [1.165, 1.54) is 6.07 Å². The molecule has 10 heteroatoms. The molecule has 1 aromatic heterocycles. The Balaban J connectivity index is 1.56. The van der Waals surface area contributed by atoms with Crippen LogP contribution in [0.1, 0.15) is 56.7 Å². The number of sulfone groups is 1. The van der Waals surface area contributed by atoms with Crippen molar-refractivity contribution in [1.82, 2.24) is 15.5 Å². The molecule has 0 spiro atoms. The maximum absolute atomic E-state index is 12.5. The summed E-state index contributed by atoms with van der Waals surface area (Å²) >= 11 is 0. The third kappa shape index (κ3) is 6.09. The number of nitrogens with one attached hydrogen (secondary N) is 3. The number of H-pyrrole nitrogens is 1. The summed E-state index contributed by atoms with van der Waals surface area (Å²) in [7, 11) is -3.42. The highest BCUT2D eigenvalue weighted by Crippen LogP contribution is 2.35. The highest BCUT2D eigenvalue weighted by atomic mass is 32.2. The number of alkyl carbamates (subject to hydrolysis) is 1. The van der Waals surface area contributed by atoms with Crippen LogP contribution in [0.5, 0.6) is 0 Å². The second kappa shape index (κ2) is 10.6. The van der Waals surface area contributed by atoms with Crippen molar-refractivity contribution in [3.8, 4) is 0 Å². The molecule has 2 unspecified atom stereocenters. The summed E-state index contributed by atoms with van der Waals surface area (Å²) in [6, 6.07) is 8.31. The predicted molar refractivity (Wildman–Crippen MR) is 120 cm³/mol. The highest BCUT2D eigenvalue weighted by Gasteiger charge is 2.30. The second-order valence-corrected chi connectivity index (χ2v) is 10.2. The number of ether oxygens (including phenoxy) is 1. The molecule has 32 heavy (non-hydrogen) atoms. The summed E-state index contributed by atoms with van der Waals surface area (Å²) in [5.74, 6) is 0.168. The average molecular weight is 463 g/mol. The predicted octanol–water partition coefficient (Wildman–Crippen LogP) is 3.16. The minimum atomic E-state index is -3.42. The number of carbonyl (C=O) groups is 2. The Bertz CT molecular complexity index is 1050. The zero-order valence-corrected chi connectivity index (χ0v) is 19.2. The third-order valence-corrected chi connectivity index (χ3v) is 7.35. The van der Waals surface area contributed by atoms with Crippen molar-refractivity contribution in [2.75, 3.05) is 17.6 Å². The monoisotopic (exact) mass is 462 g/mol. The van der Waals surface area contributed by atoms with E-state index in [1.54, 1.807) is 31.2 Å². The van der Waals surface area contributed by atoms with E-state index >= 15 is 0 Å². The van der Waals surface area contributed by atoms with Gasteiger partial charge in [-0.15, -0.1) is 0 Å². The number of benzene rings is 1. The Labute approximate surface area is 188 Å². The van der Waals surface area contributed by atoms with Crippen molar-refractivity contribution >= 4 is 27.7 Å². The van der Waals surface area contributed by atoms with Gasteiger partial charge in [0.05, 0.1) is 17.1 Å². The zero-order valence-electron chi connectivity index (χ0n) is 18.4. The molecule has 2 aromatic rings. The first-order chi connectivity index (χ1) is 15.3. The van der Waals surface area contributed by atoms with Gasteiger partial charge >= 0.3 is 6.09 Å². The number of aromatic amines is 1. The van der Waals surface area contributed by atoms with Crippen molar-refractivity contribution in [3.63, 3.8) is 0 Å². The molecule has 1 saturated carbocycles. The van der Waals surface area contributed by atoms with Gasteiger partial charge < -0.3 is 15.4 Å². The minimum absolute atomic E-state index is 0.0271. The van der Waals surface area contributed by atoms with Gasteiger partial charge in [-0.3, -0.25) is 9.89 Å². The number of carbonyl (C=O) groups excluding carboxylic acids is 2. The molecule has 174 valence electrons. The lowest BCUT2D eigenvalue weighted by atomic mass is 10.0. The van der Waals surface area contributed by atoms with Gasteiger partial charge in [0.15, 0.2) is 15.7 Å². The quantitative estimate of drug-likeness (QED) is 0.525. The Hall–Kier alpha value is -2.88. The summed E-state index contributed by atoms with van der Waals surface area (Å²) < 4.78 is 30.0. The van der Waals surface area contributed by atoms with Crippen LogP contribution in [0.15, 0.2) is 35.2 Å². The molecule has 2 atom stereocenters. The van der Waals surface area contributed by atoms with Crippen molar-refractivity contribution < 1.29 is 22.7 Å². The minimum Gasteiger partial charge on any atom is -0.446 e. The SMILES string of the molecule is CCCNC(=O)OC1CCC(c2cc(NC(=O)Cc3ccccc3S(=O)(=O)CC)n[nH]2)C1. The van der Waals surface area contributed by atoms with E-state index in [0.29, 0.717) is 24.3 Å². The standard InChI is InChI=1S/C22H30N4O5S/c1-3-11-23-22(28)31-17-10-9-15(12-17)18-14-20(26-25-18)24-21(27)13-16-7-5-6-8-19(16)32(29,30)4-2/h5-8,14-15,17H,3-4,9-13H2,1-2H3,(H,23,28)(H2,24,25,26,27). The van der Waals surface area contributed by atoms with Crippen LogP contribution in [0.3, 0.4) is 0 Å². The van der Waals surface area contributed by atoms with E-state index in [4.69, 9.17) is 4.74 Å². The van der Waals surface area contributed by atoms with Gasteiger partial charge in [-0.25, -0.2) is 13.2 Å².